The predicted octanol–water partition coefficient (Wildman–Crippen LogP) is 3.26. The molecule has 3 aromatic rings. The van der Waals surface area contributed by atoms with Gasteiger partial charge in [0.15, 0.2) is 10.8 Å². The molecule has 16 heavy (non-hydrogen) atoms. The topological polar surface area (TPSA) is 30.7 Å². The first-order valence-electron chi connectivity index (χ1n) is 4.90. The fourth-order valence-corrected chi connectivity index (χ4v) is 2.56. The van der Waals surface area contributed by atoms with Gasteiger partial charge in [0, 0.05) is 18.6 Å². The summed E-state index contributed by atoms with van der Waals surface area (Å²) in [6.07, 6.45) is 5.35. The largest absolute Gasteiger partial charge is 0.305 e. The normalized spacial score (nSPS) is 10.8. The van der Waals surface area contributed by atoms with Crippen LogP contribution in [0.4, 0.5) is 0 Å². The number of fused-ring (bicyclic) bond motifs is 1. The second kappa shape index (κ2) is 3.57. The van der Waals surface area contributed by atoms with Gasteiger partial charge in [0.05, 0.1) is 10.2 Å². The standard InChI is InChI=1S/C12H9N3S/c1-2-15-8-7-13-11(15)12-14-9-5-3-4-6-10(9)16-12/h2-8H,1H2. The van der Waals surface area contributed by atoms with E-state index in [0.717, 1.165) is 16.3 Å². The fraction of sp³-hybridized carbons (Fsp3) is 0. The van der Waals surface area contributed by atoms with Crippen molar-refractivity contribution in [2.75, 3.05) is 0 Å². The average Bonchev–Trinajstić information content (AvgIpc) is 2.94. The molecule has 0 aliphatic heterocycles. The van der Waals surface area contributed by atoms with Crippen molar-refractivity contribution in [3.05, 3.63) is 43.2 Å². The Morgan fingerprint density at radius 2 is 2.19 bits per heavy atom. The van der Waals surface area contributed by atoms with Crippen molar-refractivity contribution in [2.24, 2.45) is 0 Å². The molecule has 0 atom stereocenters. The van der Waals surface area contributed by atoms with Gasteiger partial charge in [-0.05, 0) is 12.1 Å². The summed E-state index contributed by atoms with van der Waals surface area (Å²) < 4.78 is 3.05. The monoisotopic (exact) mass is 227 g/mol. The van der Waals surface area contributed by atoms with Gasteiger partial charge in [-0.25, -0.2) is 9.97 Å². The molecule has 2 heterocycles. The molecule has 2 aromatic heterocycles. The third-order valence-electron chi connectivity index (χ3n) is 2.35. The van der Waals surface area contributed by atoms with E-state index in [-0.39, 0.29) is 0 Å². The van der Waals surface area contributed by atoms with E-state index >= 15 is 0 Å². The van der Waals surface area contributed by atoms with Crippen molar-refractivity contribution in [1.29, 1.82) is 0 Å². The van der Waals surface area contributed by atoms with Gasteiger partial charge in [-0.15, -0.1) is 11.3 Å². The van der Waals surface area contributed by atoms with Gasteiger partial charge in [0.25, 0.3) is 0 Å². The molecule has 0 N–H and O–H groups in total. The van der Waals surface area contributed by atoms with E-state index in [9.17, 15) is 0 Å². The van der Waals surface area contributed by atoms with Gasteiger partial charge in [-0.1, -0.05) is 18.7 Å². The Morgan fingerprint density at radius 3 is 3.00 bits per heavy atom. The van der Waals surface area contributed by atoms with Gasteiger partial charge in [0.2, 0.25) is 0 Å². The van der Waals surface area contributed by atoms with Crippen LogP contribution < -0.4 is 0 Å². The lowest BCUT2D eigenvalue weighted by molar-refractivity contribution is 1.14. The smallest absolute Gasteiger partial charge is 0.173 e. The summed E-state index contributed by atoms with van der Waals surface area (Å²) in [5.41, 5.74) is 1.01. The van der Waals surface area contributed by atoms with Crippen LogP contribution in [-0.2, 0) is 0 Å². The van der Waals surface area contributed by atoms with E-state index in [0.29, 0.717) is 0 Å². The molecule has 0 bridgehead atoms. The van der Waals surface area contributed by atoms with Gasteiger partial charge in [-0.3, -0.25) is 0 Å². The first-order valence-corrected chi connectivity index (χ1v) is 5.71. The lowest BCUT2D eigenvalue weighted by Crippen LogP contribution is -1.88. The molecular weight excluding hydrogens is 218 g/mol. The molecule has 0 unspecified atom stereocenters. The number of benzene rings is 1. The molecule has 0 radical (unpaired) electrons. The van der Waals surface area contributed by atoms with Crippen LogP contribution in [0, 0.1) is 0 Å². The summed E-state index contributed by atoms with van der Waals surface area (Å²) in [5, 5.41) is 0.922. The quantitative estimate of drug-likeness (QED) is 0.672. The number of nitrogens with zero attached hydrogens (tertiary/aromatic N) is 3. The zero-order valence-electron chi connectivity index (χ0n) is 8.50. The van der Waals surface area contributed by atoms with E-state index in [2.05, 4.69) is 22.6 Å². The number of rotatable bonds is 2. The number of para-hydroxylation sites is 1. The van der Waals surface area contributed by atoms with E-state index in [1.54, 1.807) is 23.7 Å². The second-order valence-corrected chi connectivity index (χ2v) is 4.36. The molecule has 0 spiro atoms. The summed E-state index contributed by atoms with van der Waals surface area (Å²) in [6, 6.07) is 8.09. The predicted molar refractivity (Wildman–Crippen MR) is 67.2 cm³/mol. The highest BCUT2D eigenvalue weighted by molar-refractivity contribution is 7.21. The van der Waals surface area contributed by atoms with Crippen LogP contribution in [0.2, 0.25) is 0 Å². The second-order valence-electron chi connectivity index (χ2n) is 3.33. The van der Waals surface area contributed by atoms with Gasteiger partial charge < -0.3 is 4.57 Å². The number of hydrogen-bond acceptors (Lipinski definition) is 3. The Bertz CT molecular complexity index is 618. The van der Waals surface area contributed by atoms with Crippen molar-refractivity contribution < 1.29 is 0 Å². The highest BCUT2D eigenvalue weighted by Gasteiger charge is 2.09. The Kier molecular flexibility index (Phi) is 2.08. The third-order valence-corrected chi connectivity index (χ3v) is 3.38. The molecular formula is C12H9N3S. The maximum absolute atomic E-state index is 4.55. The minimum atomic E-state index is 0.844. The van der Waals surface area contributed by atoms with Crippen LogP contribution >= 0.6 is 11.3 Å². The average molecular weight is 227 g/mol. The Hall–Kier alpha value is -1.94. The summed E-state index contributed by atoms with van der Waals surface area (Å²) in [7, 11) is 0. The fourth-order valence-electron chi connectivity index (χ4n) is 1.59. The lowest BCUT2D eigenvalue weighted by atomic mass is 10.3. The molecule has 1 aromatic carbocycles. The van der Waals surface area contributed by atoms with Crippen LogP contribution in [0.5, 0.6) is 0 Å². The first-order chi connectivity index (χ1) is 7.88. The molecule has 4 heteroatoms. The van der Waals surface area contributed by atoms with Gasteiger partial charge in [0.1, 0.15) is 0 Å². The minimum Gasteiger partial charge on any atom is -0.305 e. The molecule has 0 fully saturated rings. The number of thiazole rings is 1. The summed E-state index contributed by atoms with van der Waals surface area (Å²) in [6.45, 7) is 3.74. The maximum atomic E-state index is 4.55. The zero-order chi connectivity index (χ0) is 11.0. The highest BCUT2D eigenvalue weighted by atomic mass is 32.1. The third kappa shape index (κ3) is 1.35. The molecule has 3 rings (SSSR count). The van der Waals surface area contributed by atoms with Crippen molar-refractivity contribution in [3.8, 4) is 10.8 Å². The Balaban J connectivity index is 2.22. The van der Waals surface area contributed by atoms with E-state index < -0.39 is 0 Å². The number of aromatic nitrogens is 3. The van der Waals surface area contributed by atoms with E-state index in [1.807, 2.05) is 29.0 Å². The van der Waals surface area contributed by atoms with E-state index in [4.69, 9.17) is 0 Å². The Morgan fingerprint density at radius 1 is 1.31 bits per heavy atom. The van der Waals surface area contributed by atoms with Crippen LogP contribution in [0.3, 0.4) is 0 Å². The number of imidazole rings is 1. The van der Waals surface area contributed by atoms with Crippen molar-refractivity contribution in [2.45, 2.75) is 0 Å². The molecule has 0 amide bonds. The van der Waals surface area contributed by atoms with Crippen LogP contribution in [0.1, 0.15) is 0 Å². The molecule has 0 saturated carbocycles. The van der Waals surface area contributed by atoms with Crippen molar-refractivity contribution >= 4 is 27.8 Å². The summed E-state index contributed by atoms with van der Waals surface area (Å²) >= 11 is 1.64. The molecule has 78 valence electrons. The summed E-state index contributed by atoms with van der Waals surface area (Å²) in [4.78, 5) is 8.84. The van der Waals surface area contributed by atoms with Crippen molar-refractivity contribution in [1.82, 2.24) is 14.5 Å². The van der Waals surface area contributed by atoms with Crippen LogP contribution in [-0.4, -0.2) is 14.5 Å². The highest BCUT2D eigenvalue weighted by Crippen LogP contribution is 2.28. The number of hydrogen-bond donors (Lipinski definition) is 0. The maximum Gasteiger partial charge on any atom is 0.173 e. The van der Waals surface area contributed by atoms with Crippen LogP contribution in [0.25, 0.3) is 27.2 Å². The minimum absolute atomic E-state index is 0.844. The molecule has 0 saturated heterocycles. The van der Waals surface area contributed by atoms with Crippen LogP contribution in [0.15, 0.2) is 43.2 Å². The zero-order valence-corrected chi connectivity index (χ0v) is 9.31. The Labute approximate surface area is 96.7 Å². The molecule has 3 nitrogen and oxygen atoms in total. The molecule has 0 aliphatic rings. The SMILES string of the molecule is C=Cn1ccnc1-c1nc2ccccc2s1. The molecule has 0 aliphatic carbocycles. The van der Waals surface area contributed by atoms with E-state index in [1.165, 1.54) is 4.70 Å². The first kappa shape index (κ1) is 9.30. The van der Waals surface area contributed by atoms with Gasteiger partial charge in [-0.2, -0.15) is 0 Å². The van der Waals surface area contributed by atoms with Gasteiger partial charge >= 0.3 is 0 Å². The lowest BCUT2D eigenvalue weighted by Gasteiger charge is -1.95. The van der Waals surface area contributed by atoms with Crippen molar-refractivity contribution in [3.63, 3.8) is 0 Å². The summed E-state index contributed by atoms with van der Waals surface area (Å²) in [5.74, 6) is 0.844.